The monoisotopic (exact) mass is 416 g/mol. The number of aliphatic hydroxyl groups is 1. The summed E-state index contributed by atoms with van der Waals surface area (Å²) in [5.74, 6) is 0.775. The van der Waals surface area contributed by atoms with Crippen LogP contribution >= 0.6 is 0 Å². The van der Waals surface area contributed by atoms with Gasteiger partial charge in [0.2, 0.25) is 0 Å². The molecule has 5 nitrogen and oxygen atoms in total. The number of rotatable bonds is 6. The number of pyridine rings is 1. The first kappa shape index (κ1) is 21.1. The highest BCUT2D eigenvalue weighted by atomic mass is 16.5. The van der Waals surface area contributed by atoms with Gasteiger partial charge in [0.05, 0.1) is 19.9 Å². The van der Waals surface area contributed by atoms with E-state index in [0.717, 1.165) is 29.5 Å². The normalized spacial score (nSPS) is 15.8. The second-order valence-corrected chi connectivity index (χ2v) is 7.90. The van der Waals surface area contributed by atoms with E-state index in [9.17, 15) is 9.90 Å². The Labute approximate surface area is 183 Å². The van der Waals surface area contributed by atoms with Crippen LogP contribution in [0.15, 0.2) is 60.8 Å². The minimum Gasteiger partial charge on any atom is -0.495 e. The number of methoxy groups -OCH3 is 1. The number of nitrogens with zero attached hydrogens (tertiary/aromatic N) is 2. The third-order valence-electron chi connectivity index (χ3n) is 6.13. The van der Waals surface area contributed by atoms with Gasteiger partial charge in [-0.3, -0.25) is 4.79 Å². The van der Waals surface area contributed by atoms with Gasteiger partial charge in [0.1, 0.15) is 11.4 Å². The average molecular weight is 417 g/mol. The molecule has 1 amide bonds. The smallest absolute Gasteiger partial charge is 0.272 e. The molecule has 1 N–H and O–H groups in total. The maximum Gasteiger partial charge on any atom is 0.272 e. The number of ether oxygens (including phenoxy) is 1. The Morgan fingerprint density at radius 3 is 2.71 bits per heavy atom. The van der Waals surface area contributed by atoms with Gasteiger partial charge >= 0.3 is 0 Å². The first-order valence-electron chi connectivity index (χ1n) is 10.8. The molecule has 0 aliphatic carbocycles. The molecule has 0 spiro atoms. The zero-order valence-corrected chi connectivity index (χ0v) is 18.0. The van der Waals surface area contributed by atoms with Gasteiger partial charge in [-0.1, -0.05) is 43.3 Å². The SMILES string of the molecule is CCc1ccccc1-c1ccc([C@@H]2CCN(C(=O)c3ccc(OC)cn3)C2)c(CO)c1. The zero-order chi connectivity index (χ0) is 21.8. The fraction of sp³-hybridized carbons (Fsp3) is 0.308. The van der Waals surface area contributed by atoms with Crippen LogP contribution in [0.3, 0.4) is 0 Å². The minimum absolute atomic E-state index is 0.0120. The number of aliphatic hydroxyl groups excluding tert-OH is 1. The summed E-state index contributed by atoms with van der Waals surface area (Å²) in [5.41, 5.74) is 6.11. The number of amides is 1. The van der Waals surface area contributed by atoms with Gasteiger partial charge < -0.3 is 14.7 Å². The van der Waals surface area contributed by atoms with E-state index in [2.05, 4.69) is 54.4 Å². The number of likely N-dealkylation sites (tertiary alicyclic amines) is 1. The van der Waals surface area contributed by atoms with E-state index in [4.69, 9.17) is 4.74 Å². The highest BCUT2D eigenvalue weighted by molar-refractivity contribution is 5.92. The van der Waals surface area contributed by atoms with Crippen molar-refractivity contribution in [2.75, 3.05) is 20.2 Å². The highest BCUT2D eigenvalue weighted by Gasteiger charge is 2.30. The lowest BCUT2D eigenvalue weighted by molar-refractivity contribution is 0.0785. The Kier molecular flexibility index (Phi) is 6.33. The van der Waals surface area contributed by atoms with Crippen LogP contribution in [0.1, 0.15) is 46.4 Å². The predicted octanol–water partition coefficient (Wildman–Crippen LogP) is 4.44. The molecule has 1 atom stereocenters. The first-order valence-corrected chi connectivity index (χ1v) is 10.8. The van der Waals surface area contributed by atoms with Gasteiger partial charge in [-0.2, -0.15) is 0 Å². The van der Waals surface area contributed by atoms with E-state index in [0.29, 0.717) is 24.5 Å². The molecule has 0 unspecified atom stereocenters. The van der Waals surface area contributed by atoms with Crippen LogP contribution in [-0.4, -0.2) is 41.1 Å². The van der Waals surface area contributed by atoms with Crippen LogP contribution in [0.5, 0.6) is 5.75 Å². The Hall–Kier alpha value is -3.18. The summed E-state index contributed by atoms with van der Waals surface area (Å²) in [5, 5.41) is 10.1. The van der Waals surface area contributed by atoms with Crippen molar-refractivity contribution in [3.8, 4) is 16.9 Å². The lowest BCUT2D eigenvalue weighted by atomic mass is 9.89. The molecule has 31 heavy (non-hydrogen) atoms. The predicted molar refractivity (Wildman–Crippen MR) is 121 cm³/mol. The highest BCUT2D eigenvalue weighted by Crippen LogP contribution is 2.34. The maximum absolute atomic E-state index is 12.9. The standard InChI is InChI=1S/C26H28N2O3/c1-3-18-6-4-5-7-23(18)19-8-10-24(21(14-19)17-29)20-12-13-28(16-20)26(30)25-11-9-22(31-2)15-27-25/h4-11,14-15,20,29H,3,12-13,16-17H2,1-2H3/t20-/m1/s1. The molecule has 0 bridgehead atoms. The fourth-order valence-corrected chi connectivity index (χ4v) is 4.41. The van der Waals surface area contributed by atoms with Crippen molar-refractivity contribution in [1.82, 2.24) is 9.88 Å². The molecule has 1 aliphatic rings. The summed E-state index contributed by atoms with van der Waals surface area (Å²) in [6, 6.07) is 18.2. The second kappa shape index (κ2) is 9.31. The van der Waals surface area contributed by atoms with Crippen LogP contribution in [0.4, 0.5) is 0 Å². The number of hydrogen-bond acceptors (Lipinski definition) is 4. The van der Waals surface area contributed by atoms with Crippen LogP contribution in [0.25, 0.3) is 11.1 Å². The number of aromatic nitrogens is 1. The van der Waals surface area contributed by atoms with Crippen molar-refractivity contribution in [2.24, 2.45) is 0 Å². The average Bonchev–Trinajstić information content (AvgIpc) is 3.33. The Morgan fingerprint density at radius 1 is 1.16 bits per heavy atom. The summed E-state index contributed by atoms with van der Waals surface area (Å²) in [6.45, 7) is 3.46. The number of hydrogen-bond donors (Lipinski definition) is 1. The lowest BCUT2D eigenvalue weighted by Gasteiger charge is -2.19. The maximum atomic E-state index is 12.9. The molecular formula is C26H28N2O3. The van der Waals surface area contributed by atoms with Gasteiger partial charge in [0, 0.05) is 19.0 Å². The van der Waals surface area contributed by atoms with E-state index < -0.39 is 0 Å². The van der Waals surface area contributed by atoms with Crippen molar-refractivity contribution in [2.45, 2.75) is 32.3 Å². The number of carbonyl (C=O) groups excluding carboxylic acids is 1. The van der Waals surface area contributed by atoms with Gasteiger partial charge in [-0.15, -0.1) is 0 Å². The van der Waals surface area contributed by atoms with Crippen molar-refractivity contribution in [3.05, 3.63) is 83.2 Å². The summed E-state index contributed by atoms with van der Waals surface area (Å²) < 4.78 is 5.12. The molecule has 1 aliphatic heterocycles. The molecule has 1 aromatic heterocycles. The molecule has 0 saturated carbocycles. The van der Waals surface area contributed by atoms with Gasteiger partial charge in [-0.25, -0.2) is 4.98 Å². The number of aryl methyl sites for hydroxylation is 1. The molecular weight excluding hydrogens is 388 g/mol. The number of carbonyl (C=O) groups is 1. The van der Waals surface area contributed by atoms with Gasteiger partial charge in [-0.05, 0) is 58.9 Å². The molecule has 5 heteroatoms. The van der Waals surface area contributed by atoms with Crippen molar-refractivity contribution < 1.29 is 14.6 Å². The second-order valence-electron chi connectivity index (χ2n) is 7.90. The van der Waals surface area contributed by atoms with E-state index in [1.807, 2.05) is 4.90 Å². The minimum atomic E-state index is -0.0656. The third-order valence-corrected chi connectivity index (χ3v) is 6.13. The van der Waals surface area contributed by atoms with Crippen LogP contribution in [0, 0.1) is 0 Å². The Balaban J connectivity index is 1.54. The van der Waals surface area contributed by atoms with Crippen molar-refractivity contribution >= 4 is 5.91 Å². The summed E-state index contributed by atoms with van der Waals surface area (Å²) >= 11 is 0. The third kappa shape index (κ3) is 4.32. The molecule has 2 heterocycles. The Morgan fingerprint density at radius 2 is 2.00 bits per heavy atom. The van der Waals surface area contributed by atoms with Gasteiger partial charge in [0.25, 0.3) is 5.91 Å². The van der Waals surface area contributed by atoms with E-state index in [1.54, 1.807) is 25.4 Å². The molecule has 1 saturated heterocycles. The quantitative estimate of drug-likeness (QED) is 0.645. The lowest BCUT2D eigenvalue weighted by Crippen LogP contribution is -2.29. The van der Waals surface area contributed by atoms with E-state index in [-0.39, 0.29) is 18.4 Å². The summed E-state index contributed by atoms with van der Waals surface area (Å²) in [6.07, 6.45) is 3.41. The molecule has 0 radical (unpaired) electrons. The van der Waals surface area contributed by atoms with Crippen molar-refractivity contribution in [1.29, 1.82) is 0 Å². The zero-order valence-electron chi connectivity index (χ0n) is 18.0. The molecule has 1 fully saturated rings. The van der Waals surface area contributed by atoms with E-state index >= 15 is 0 Å². The molecule has 4 rings (SSSR count). The topological polar surface area (TPSA) is 62.7 Å². The molecule has 2 aromatic carbocycles. The van der Waals surface area contributed by atoms with Crippen molar-refractivity contribution in [3.63, 3.8) is 0 Å². The van der Waals surface area contributed by atoms with E-state index in [1.165, 1.54) is 11.1 Å². The van der Waals surface area contributed by atoms with Crippen LogP contribution in [-0.2, 0) is 13.0 Å². The summed E-state index contributed by atoms with van der Waals surface area (Å²) in [4.78, 5) is 18.9. The number of benzene rings is 2. The van der Waals surface area contributed by atoms with Gasteiger partial charge in [0.15, 0.2) is 0 Å². The molecule has 160 valence electrons. The van der Waals surface area contributed by atoms with Crippen LogP contribution in [0.2, 0.25) is 0 Å². The summed E-state index contributed by atoms with van der Waals surface area (Å²) in [7, 11) is 1.58. The Bertz CT molecular complexity index is 1060. The first-order chi connectivity index (χ1) is 15.1. The fourth-order valence-electron chi connectivity index (χ4n) is 4.41. The largest absolute Gasteiger partial charge is 0.495 e. The molecule has 3 aromatic rings. The van der Waals surface area contributed by atoms with Crippen LogP contribution < -0.4 is 4.74 Å².